The number of β-amino-alcohol motifs (C(OH)–C–C–N with tert-alkyl or cyclic N) is 1. The zero-order chi connectivity index (χ0) is 32.6. The standard InChI is InChI=1S/C33H38FN8O3PS/c1-16(43)10-41-11-17-5-6-18(12-41)42(17)32-26-22-15-44-14-21(22)24(27-25-20(8-35)31(36)47-30(25)23(34)9-37-27)29(46)28(26)38-33(39-32)45-13-19-4-3-7-40(19)2/h9,16-19,43H,3-7,10-15,36,46H2,1-2H3. The largest absolute Gasteiger partial charge is 0.462 e. The van der Waals surface area contributed by atoms with Crippen molar-refractivity contribution >= 4 is 57.7 Å². The number of ether oxygens (including phenoxy) is 2. The van der Waals surface area contributed by atoms with Crippen molar-refractivity contribution in [2.45, 2.75) is 70.1 Å². The number of nitrogen functional groups attached to an aromatic ring is 1. The van der Waals surface area contributed by atoms with Crippen LogP contribution >= 0.6 is 20.6 Å². The summed E-state index contributed by atoms with van der Waals surface area (Å²) in [7, 11) is 4.98. The summed E-state index contributed by atoms with van der Waals surface area (Å²) < 4.78 is 27.9. The molecule has 8 rings (SSSR count). The lowest BCUT2D eigenvalue weighted by atomic mass is 9.93. The van der Waals surface area contributed by atoms with Crippen molar-refractivity contribution in [1.29, 1.82) is 5.26 Å². The third kappa shape index (κ3) is 5.12. The lowest BCUT2D eigenvalue weighted by Gasteiger charge is -2.42. The van der Waals surface area contributed by atoms with Crippen LogP contribution in [0.3, 0.4) is 0 Å². The number of piperazine rings is 1. The molecule has 0 radical (unpaired) electrons. The van der Waals surface area contributed by atoms with Gasteiger partial charge >= 0.3 is 6.01 Å². The van der Waals surface area contributed by atoms with Crippen LogP contribution in [0.25, 0.3) is 32.2 Å². The number of aromatic nitrogens is 3. The number of pyridine rings is 1. The molecular formula is C33H38FN8O3PS. The number of thiophene rings is 1. The van der Waals surface area contributed by atoms with Crippen LogP contribution < -0.4 is 20.7 Å². The summed E-state index contributed by atoms with van der Waals surface area (Å²) >= 11 is 1.06. The van der Waals surface area contributed by atoms with E-state index < -0.39 is 5.82 Å². The number of nitrogens with zero attached hydrogens (tertiary/aromatic N) is 7. The number of hydrogen-bond acceptors (Lipinski definition) is 12. The Morgan fingerprint density at radius 1 is 1.21 bits per heavy atom. The molecule has 14 heteroatoms. The van der Waals surface area contributed by atoms with Crippen molar-refractivity contribution in [1.82, 2.24) is 24.8 Å². The first-order valence-corrected chi connectivity index (χ1v) is 17.6. The quantitative estimate of drug-likeness (QED) is 0.278. The smallest absolute Gasteiger partial charge is 0.319 e. The van der Waals surface area contributed by atoms with Gasteiger partial charge in [0, 0.05) is 59.4 Å². The van der Waals surface area contributed by atoms with Gasteiger partial charge in [0.1, 0.15) is 23.5 Å². The fourth-order valence-electron chi connectivity index (χ4n) is 8.19. The highest BCUT2D eigenvalue weighted by Crippen LogP contribution is 2.46. The SMILES string of the molecule is CC(O)CN1CC2CCC(C1)N2c1nc(OCC2CCCN2C)nc2c(P)c(-c3ncc(F)c4sc(N)c(C#N)c34)c3c(c12)COC3. The molecular weight excluding hydrogens is 638 g/mol. The average Bonchev–Trinajstić information content (AvgIpc) is 3.82. The molecule has 4 aliphatic heterocycles. The number of likely N-dealkylation sites (N-methyl/N-ethyl adjacent to an activating group) is 1. The lowest BCUT2D eigenvalue weighted by Crippen LogP contribution is -2.55. The minimum atomic E-state index is -0.511. The minimum Gasteiger partial charge on any atom is -0.462 e. The van der Waals surface area contributed by atoms with Gasteiger partial charge in [-0.05, 0) is 57.3 Å². The Balaban J connectivity index is 1.34. The van der Waals surface area contributed by atoms with Gasteiger partial charge in [0.2, 0.25) is 0 Å². The van der Waals surface area contributed by atoms with Gasteiger partial charge in [0.15, 0.2) is 5.82 Å². The number of nitrogens with two attached hydrogens (primary N) is 1. The minimum absolute atomic E-state index is 0.226. The number of likely N-dealkylation sites (tertiary alicyclic amines) is 2. The van der Waals surface area contributed by atoms with Crippen molar-refractivity contribution in [3.63, 3.8) is 0 Å². The summed E-state index contributed by atoms with van der Waals surface area (Å²) in [6.45, 7) is 6.41. The second-order valence-corrected chi connectivity index (χ2v) is 15.0. The molecule has 4 aliphatic rings. The number of halogens is 1. The Kier molecular flexibility index (Phi) is 7.94. The molecule has 0 aliphatic carbocycles. The highest BCUT2D eigenvalue weighted by atomic mass is 32.1. The van der Waals surface area contributed by atoms with Gasteiger partial charge < -0.3 is 30.1 Å². The maximum absolute atomic E-state index is 15.1. The van der Waals surface area contributed by atoms with Gasteiger partial charge in [-0.1, -0.05) is 0 Å². The molecule has 7 heterocycles. The number of anilines is 2. The van der Waals surface area contributed by atoms with Gasteiger partial charge in [-0.15, -0.1) is 20.6 Å². The van der Waals surface area contributed by atoms with E-state index in [1.165, 1.54) is 6.20 Å². The van der Waals surface area contributed by atoms with Gasteiger partial charge in [0.05, 0.1) is 47.0 Å². The number of fused-ring (bicyclic) bond motifs is 6. The van der Waals surface area contributed by atoms with Crippen LogP contribution in [0.1, 0.15) is 49.3 Å². The Morgan fingerprint density at radius 2 is 1.98 bits per heavy atom. The summed E-state index contributed by atoms with van der Waals surface area (Å²) in [6.07, 6.45) is 5.08. The molecule has 3 fully saturated rings. The number of benzene rings is 1. The molecule has 0 amide bonds. The zero-order valence-electron chi connectivity index (χ0n) is 26.5. The first kappa shape index (κ1) is 31.1. The first-order chi connectivity index (χ1) is 22.7. The summed E-state index contributed by atoms with van der Waals surface area (Å²) in [5, 5.41) is 22.6. The highest BCUT2D eigenvalue weighted by Gasteiger charge is 2.43. The predicted molar refractivity (Wildman–Crippen MR) is 184 cm³/mol. The van der Waals surface area contributed by atoms with Crippen molar-refractivity contribution < 1.29 is 19.0 Å². The Bertz CT molecular complexity index is 1940. The molecule has 0 saturated carbocycles. The van der Waals surface area contributed by atoms with E-state index in [2.05, 4.69) is 42.0 Å². The molecule has 4 aromatic rings. The zero-order valence-corrected chi connectivity index (χ0v) is 28.5. The van der Waals surface area contributed by atoms with E-state index in [1.54, 1.807) is 0 Å². The van der Waals surface area contributed by atoms with Crippen LogP contribution in [0.4, 0.5) is 15.2 Å². The van der Waals surface area contributed by atoms with Crippen LogP contribution in [0.2, 0.25) is 0 Å². The monoisotopic (exact) mass is 676 g/mol. The second kappa shape index (κ2) is 12.0. The van der Waals surface area contributed by atoms with Crippen molar-refractivity contribution in [3.8, 4) is 23.3 Å². The number of aliphatic hydroxyl groups excluding tert-OH is 1. The molecule has 3 N–H and O–H groups in total. The number of rotatable bonds is 7. The van der Waals surface area contributed by atoms with E-state index in [4.69, 9.17) is 25.2 Å². The predicted octanol–water partition coefficient (Wildman–Crippen LogP) is 3.54. The molecule has 47 heavy (non-hydrogen) atoms. The highest BCUT2D eigenvalue weighted by molar-refractivity contribution is 7.29. The maximum atomic E-state index is 15.1. The molecule has 11 nitrogen and oxygen atoms in total. The fourth-order valence-corrected chi connectivity index (χ4v) is 9.63. The molecule has 3 saturated heterocycles. The molecule has 0 spiro atoms. The summed E-state index contributed by atoms with van der Waals surface area (Å²) in [5.74, 6) is 0.337. The van der Waals surface area contributed by atoms with Crippen molar-refractivity contribution in [3.05, 3.63) is 28.7 Å². The molecule has 1 aromatic carbocycles. The van der Waals surface area contributed by atoms with Crippen LogP contribution in [0.15, 0.2) is 6.20 Å². The fraction of sp³-hybridized carbons (Fsp3) is 0.515. The molecule has 3 aromatic heterocycles. The van der Waals surface area contributed by atoms with E-state index in [9.17, 15) is 10.4 Å². The van der Waals surface area contributed by atoms with Gasteiger partial charge in [-0.25, -0.2) is 4.39 Å². The van der Waals surface area contributed by atoms with E-state index in [-0.39, 0.29) is 28.8 Å². The van der Waals surface area contributed by atoms with E-state index in [0.29, 0.717) is 59.7 Å². The maximum Gasteiger partial charge on any atom is 0.319 e. The molecule has 5 atom stereocenters. The number of nitriles is 1. The van der Waals surface area contributed by atoms with E-state index in [1.807, 2.05) is 6.92 Å². The third-order valence-electron chi connectivity index (χ3n) is 10.3. The average molecular weight is 677 g/mol. The van der Waals surface area contributed by atoms with Crippen molar-refractivity contribution in [2.75, 3.05) is 50.5 Å². The Hall–Kier alpha value is -3.24. The molecule has 2 bridgehead atoms. The Morgan fingerprint density at radius 3 is 2.68 bits per heavy atom. The third-order valence-corrected chi connectivity index (χ3v) is 11.9. The van der Waals surface area contributed by atoms with Gasteiger partial charge in [0.25, 0.3) is 0 Å². The Labute approximate surface area is 278 Å². The number of aliphatic hydroxyl groups is 1. The summed E-state index contributed by atoms with van der Waals surface area (Å²) in [5.41, 5.74) is 10.3. The van der Waals surface area contributed by atoms with Crippen LogP contribution in [0.5, 0.6) is 6.01 Å². The molecule has 246 valence electrons. The first-order valence-electron chi connectivity index (χ1n) is 16.2. The molecule has 5 unspecified atom stereocenters. The van der Waals surface area contributed by atoms with Gasteiger partial charge in [-0.2, -0.15) is 15.2 Å². The van der Waals surface area contributed by atoms with Crippen LogP contribution in [-0.2, 0) is 18.0 Å². The van der Waals surface area contributed by atoms with Crippen molar-refractivity contribution in [2.24, 2.45) is 0 Å². The lowest BCUT2D eigenvalue weighted by molar-refractivity contribution is 0.111. The number of hydrogen-bond donors (Lipinski definition) is 2. The van der Waals surface area contributed by atoms with Crippen LogP contribution in [-0.4, -0.2) is 93.9 Å². The second-order valence-electron chi connectivity index (χ2n) is 13.4. The van der Waals surface area contributed by atoms with Crippen LogP contribution in [0, 0.1) is 17.1 Å². The van der Waals surface area contributed by atoms with Gasteiger partial charge in [-0.3, -0.25) is 9.88 Å². The summed E-state index contributed by atoms with van der Waals surface area (Å²) in [4.78, 5) is 21.9. The topological polar surface area (TPSA) is 137 Å². The summed E-state index contributed by atoms with van der Waals surface area (Å²) in [6, 6.07) is 3.26. The van der Waals surface area contributed by atoms with E-state index >= 15 is 4.39 Å². The van der Waals surface area contributed by atoms with E-state index in [0.717, 1.165) is 89.9 Å². The normalized spacial score (nSPS) is 23.6.